The zero-order chi connectivity index (χ0) is 14.5. The van der Waals surface area contributed by atoms with Gasteiger partial charge in [0.05, 0.1) is 19.3 Å². The minimum absolute atomic E-state index is 0.0747. The summed E-state index contributed by atoms with van der Waals surface area (Å²) >= 11 is 1.61. The van der Waals surface area contributed by atoms with Crippen LogP contribution >= 0.6 is 11.8 Å². The molecule has 0 radical (unpaired) electrons. The standard InChI is InChI=1S/C14H25NO3S/c1-5-13(2,3)15-11(16)9-19-10-14(6-7-14)8-12(17)18-4/h5-10H2,1-4H3,(H,15,16). The Morgan fingerprint density at radius 3 is 2.47 bits per heavy atom. The van der Waals surface area contributed by atoms with Gasteiger partial charge in [0.1, 0.15) is 0 Å². The molecule has 1 fully saturated rings. The lowest BCUT2D eigenvalue weighted by molar-refractivity contribution is -0.141. The van der Waals surface area contributed by atoms with Gasteiger partial charge < -0.3 is 10.1 Å². The number of carbonyl (C=O) groups excluding carboxylic acids is 2. The summed E-state index contributed by atoms with van der Waals surface area (Å²) in [6, 6.07) is 0. The van der Waals surface area contributed by atoms with E-state index in [4.69, 9.17) is 4.74 Å². The molecule has 1 aliphatic rings. The van der Waals surface area contributed by atoms with Crippen molar-refractivity contribution in [2.24, 2.45) is 5.41 Å². The van der Waals surface area contributed by atoms with Crippen molar-refractivity contribution in [3.8, 4) is 0 Å². The molecular formula is C14H25NO3S. The van der Waals surface area contributed by atoms with Gasteiger partial charge in [-0.3, -0.25) is 9.59 Å². The predicted molar refractivity (Wildman–Crippen MR) is 78.1 cm³/mol. The van der Waals surface area contributed by atoms with E-state index in [1.165, 1.54) is 7.11 Å². The first-order valence-electron chi connectivity index (χ1n) is 6.78. The van der Waals surface area contributed by atoms with Crippen LogP contribution in [0.2, 0.25) is 0 Å². The molecule has 0 atom stereocenters. The number of esters is 1. The lowest BCUT2D eigenvalue weighted by Crippen LogP contribution is -2.43. The molecule has 1 saturated carbocycles. The molecule has 0 aliphatic heterocycles. The summed E-state index contributed by atoms with van der Waals surface area (Å²) in [5, 5.41) is 3.01. The first kappa shape index (κ1) is 16.3. The van der Waals surface area contributed by atoms with Gasteiger partial charge >= 0.3 is 5.97 Å². The lowest BCUT2D eigenvalue weighted by atomic mass is 10.0. The van der Waals surface area contributed by atoms with Crippen LogP contribution in [0.1, 0.15) is 46.5 Å². The molecule has 110 valence electrons. The van der Waals surface area contributed by atoms with E-state index < -0.39 is 0 Å². The van der Waals surface area contributed by atoms with E-state index in [1.807, 2.05) is 13.8 Å². The monoisotopic (exact) mass is 287 g/mol. The molecule has 5 heteroatoms. The third kappa shape index (κ3) is 5.85. The Labute approximate surface area is 120 Å². The second-order valence-electron chi connectivity index (χ2n) is 6.03. The quantitative estimate of drug-likeness (QED) is 0.696. The second kappa shape index (κ2) is 6.64. The average Bonchev–Trinajstić information content (AvgIpc) is 3.08. The maximum Gasteiger partial charge on any atom is 0.306 e. The van der Waals surface area contributed by atoms with Crippen molar-refractivity contribution in [2.45, 2.75) is 52.0 Å². The van der Waals surface area contributed by atoms with Crippen LogP contribution in [-0.4, -0.2) is 36.0 Å². The molecular weight excluding hydrogens is 262 g/mol. The summed E-state index contributed by atoms with van der Waals surface area (Å²) in [7, 11) is 1.42. The number of nitrogens with one attached hydrogen (secondary N) is 1. The maximum atomic E-state index is 11.8. The normalized spacial score (nSPS) is 16.8. The summed E-state index contributed by atoms with van der Waals surface area (Å²) in [5.41, 5.74) is -0.0424. The fourth-order valence-corrected chi connectivity index (χ4v) is 2.97. The lowest BCUT2D eigenvalue weighted by Gasteiger charge is -2.24. The van der Waals surface area contributed by atoms with E-state index in [9.17, 15) is 9.59 Å². The first-order valence-corrected chi connectivity index (χ1v) is 7.93. The Hall–Kier alpha value is -0.710. The number of rotatable bonds is 8. The number of ether oxygens (including phenoxy) is 1. The molecule has 1 amide bonds. The number of amides is 1. The SMILES string of the molecule is CCC(C)(C)NC(=O)CSCC1(CC(=O)OC)CC1. The van der Waals surface area contributed by atoms with Crippen molar-refractivity contribution >= 4 is 23.6 Å². The molecule has 0 unspecified atom stereocenters. The Kier molecular flexibility index (Phi) is 5.71. The molecule has 19 heavy (non-hydrogen) atoms. The average molecular weight is 287 g/mol. The minimum Gasteiger partial charge on any atom is -0.469 e. The summed E-state index contributed by atoms with van der Waals surface area (Å²) in [6.07, 6.45) is 3.53. The fourth-order valence-electron chi connectivity index (χ4n) is 1.79. The number of hydrogen-bond acceptors (Lipinski definition) is 4. The molecule has 0 aromatic carbocycles. The van der Waals surface area contributed by atoms with Crippen molar-refractivity contribution < 1.29 is 14.3 Å². The van der Waals surface area contributed by atoms with Gasteiger partial charge in [0.2, 0.25) is 5.91 Å². The Bertz CT molecular complexity index is 338. The number of methoxy groups -OCH3 is 1. The van der Waals surface area contributed by atoms with E-state index >= 15 is 0 Å². The van der Waals surface area contributed by atoms with E-state index in [2.05, 4.69) is 12.2 Å². The fraction of sp³-hybridized carbons (Fsp3) is 0.857. The third-order valence-corrected chi connectivity index (χ3v) is 4.99. The second-order valence-corrected chi connectivity index (χ2v) is 7.02. The summed E-state index contributed by atoms with van der Waals surface area (Å²) < 4.78 is 4.71. The van der Waals surface area contributed by atoms with Crippen LogP contribution in [0.3, 0.4) is 0 Å². The van der Waals surface area contributed by atoms with Crippen LogP contribution in [0.5, 0.6) is 0 Å². The maximum absolute atomic E-state index is 11.8. The van der Waals surface area contributed by atoms with Crippen molar-refractivity contribution in [3.63, 3.8) is 0 Å². The smallest absolute Gasteiger partial charge is 0.306 e. The highest BCUT2D eigenvalue weighted by molar-refractivity contribution is 7.99. The number of thioether (sulfide) groups is 1. The predicted octanol–water partition coefficient (Wildman–Crippen LogP) is 2.37. The summed E-state index contributed by atoms with van der Waals surface area (Å²) in [5.74, 6) is 1.26. The van der Waals surface area contributed by atoms with Gasteiger partial charge in [-0.25, -0.2) is 0 Å². The summed E-state index contributed by atoms with van der Waals surface area (Å²) in [4.78, 5) is 23.1. The largest absolute Gasteiger partial charge is 0.469 e. The van der Waals surface area contributed by atoms with Gasteiger partial charge in [0.25, 0.3) is 0 Å². The van der Waals surface area contributed by atoms with Crippen molar-refractivity contribution in [1.29, 1.82) is 0 Å². The van der Waals surface area contributed by atoms with Gasteiger partial charge in [-0.15, -0.1) is 0 Å². The van der Waals surface area contributed by atoms with Crippen LogP contribution in [0.15, 0.2) is 0 Å². The number of hydrogen-bond donors (Lipinski definition) is 1. The molecule has 0 heterocycles. The van der Waals surface area contributed by atoms with E-state index in [1.54, 1.807) is 11.8 Å². The van der Waals surface area contributed by atoms with E-state index in [-0.39, 0.29) is 22.8 Å². The molecule has 4 nitrogen and oxygen atoms in total. The van der Waals surface area contributed by atoms with Crippen molar-refractivity contribution in [2.75, 3.05) is 18.6 Å². The van der Waals surface area contributed by atoms with Crippen molar-refractivity contribution in [3.05, 3.63) is 0 Å². The molecule has 0 bridgehead atoms. The van der Waals surface area contributed by atoms with Crippen LogP contribution in [-0.2, 0) is 14.3 Å². The Morgan fingerprint density at radius 2 is 2.00 bits per heavy atom. The summed E-state index contributed by atoms with van der Waals surface area (Å²) in [6.45, 7) is 6.10. The van der Waals surface area contributed by atoms with Crippen LogP contribution in [0.25, 0.3) is 0 Å². The molecule has 1 rings (SSSR count). The first-order chi connectivity index (χ1) is 8.82. The van der Waals surface area contributed by atoms with Crippen LogP contribution < -0.4 is 5.32 Å². The molecule has 1 N–H and O–H groups in total. The van der Waals surface area contributed by atoms with E-state index in [0.717, 1.165) is 25.0 Å². The van der Waals surface area contributed by atoms with Crippen molar-refractivity contribution in [1.82, 2.24) is 5.32 Å². The van der Waals surface area contributed by atoms with Gasteiger partial charge in [-0.2, -0.15) is 11.8 Å². The highest BCUT2D eigenvalue weighted by Crippen LogP contribution is 2.51. The molecule has 0 saturated heterocycles. The zero-order valence-corrected chi connectivity index (χ0v) is 13.2. The molecule has 0 aromatic heterocycles. The van der Waals surface area contributed by atoms with Crippen LogP contribution in [0.4, 0.5) is 0 Å². The Morgan fingerprint density at radius 1 is 1.37 bits per heavy atom. The van der Waals surface area contributed by atoms with E-state index in [0.29, 0.717) is 12.2 Å². The topological polar surface area (TPSA) is 55.4 Å². The highest BCUT2D eigenvalue weighted by Gasteiger charge is 2.44. The van der Waals surface area contributed by atoms with Gasteiger partial charge in [0.15, 0.2) is 0 Å². The number of carbonyl (C=O) groups is 2. The molecule has 0 aromatic rings. The van der Waals surface area contributed by atoms with Crippen LogP contribution in [0, 0.1) is 5.41 Å². The van der Waals surface area contributed by atoms with Gasteiger partial charge in [-0.1, -0.05) is 6.92 Å². The zero-order valence-electron chi connectivity index (χ0n) is 12.4. The Balaban J connectivity index is 2.23. The van der Waals surface area contributed by atoms with Gasteiger partial charge in [0, 0.05) is 5.54 Å². The molecule has 0 spiro atoms. The third-order valence-electron chi connectivity index (χ3n) is 3.71. The minimum atomic E-state index is -0.144. The highest BCUT2D eigenvalue weighted by atomic mass is 32.2. The van der Waals surface area contributed by atoms with Gasteiger partial charge in [-0.05, 0) is 44.3 Å². The molecule has 1 aliphatic carbocycles.